The number of aromatic nitrogens is 6. The average Bonchev–Trinajstić information content (AvgIpc) is 3.57. The zero-order chi connectivity index (χ0) is 30.1. The van der Waals surface area contributed by atoms with E-state index in [1.165, 1.54) is 32.1 Å². The molecule has 6 rings (SSSR count). The molecule has 0 radical (unpaired) electrons. The maximum atomic E-state index is 12.5. The number of aryl methyl sites for hydroxylation is 1. The summed E-state index contributed by atoms with van der Waals surface area (Å²) in [7, 11) is 0. The number of para-hydroxylation sites is 1. The van der Waals surface area contributed by atoms with E-state index in [-0.39, 0.29) is 11.7 Å². The summed E-state index contributed by atoms with van der Waals surface area (Å²) in [5.74, 6) is 1.21. The Morgan fingerprint density at radius 1 is 1.05 bits per heavy atom. The maximum Gasteiger partial charge on any atom is 0.355 e. The van der Waals surface area contributed by atoms with Crippen LogP contribution >= 0.6 is 11.3 Å². The lowest BCUT2D eigenvalue weighted by Gasteiger charge is -2.27. The number of rotatable bonds is 9. The lowest BCUT2D eigenvalue weighted by molar-refractivity contribution is 0.0691. The number of carbonyl (C=O) groups is 1. The second-order valence-corrected chi connectivity index (χ2v) is 12.5. The first kappa shape index (κ1) is 28.7. The summed E-state index contributed by atoms with van der Waals surface area (Å²) in [4.78, 5) is 23.7. The monoisotopic (exact) mass is 596 g/mol. The molecular weight excluding hydrogens is 560 g/mol. The van der Waals surface area contributed by atoms with Crippen molar-refractivity contribution >= 4 is 50.1 Å². The number of pyridine rings is 1. The molecule has 2 N–H and O–H groups in total. The molecule has 11 heteroatoms. The number of hydrogen-bond donors (Lipinski definition) is 2. The highest BCUT2D eigenvalue weighted by Crippen LogP contribution is 2.34. The first-order chi connectivity index (χ1) is 20.8. The van der Waals surface area contributed by atoms with E-state index < -0.39 is 5.97 Å². The van der Waals surface area contributed by atoms with E-state index in [4.69, 9.17) is 0 Å². The summed E-state index contributed by atoms with van der Waals surface area (Å²) >= 11 is 1.56. The van der Waals surface area contributed by atoms with Gasteiger partial charge in [-0.25, -0.2) is 14.8 Å². The second kappa shape index (κ2) is 12.1. The van der Waals surface area contributed by atoms with Crippen LogP contribution in [0.25, 0.3) is 21.3 Å². The summed E-state index contributed by atoms with van der Waals surface area (Å²) in [6.45, 7) is 8.86. The Balaban J connectivity index is 1.28. The van der Waals surface area contributed by atoms with Gasteiger partial charge in [-0.3, -0.25) is 4.68 Å². The number of nitrogens with one attached hydrogen (secondary N) is 1. The first-order valence-electron chi connectivity index (χ1n) is 14.8. The molecule has 0 saturated heterocycles. The Labute approximate surface area is 254 Å². The molecule has 43 heavy (non-hydrogen) atoms. The van der Waals surface area contributed by atoms with Gasteiger partial charge in [0.1, 0.15) is 5.82 Å². The zero-order valence-corrected chi connectivity index (χ0v) is 25.7. The predicted molar refractivity (Wildman–Crippen MR) is 171 cm³/mol. The van der Waals surface area contributed by atoms with Crippen molar-refractivity contribution in [1.82, 2.24) is 29.9 Å². The number of carboxylic acid groups (broad SMARTS) is 1. The molecule has 4 aromatic heterocycles. The van der Waals surface area contributed by atoms with Crippen molar-refractivity contribution in [3.8, 4) is 11.1 Å². The Kier molecular flexibility index (Phi) is 8.07. The number of fused-ring (bicyclic) bond motifs is 1. The van der Waals surface area contributed by atoms with Crippen molar-refractivity contribution in [2.24, 2.45) is 5.92 Å². The molecular formula is C32H36N8O2S. The van der Waals surface area contributed by atoms with Crippen molar-refractivity contribution in [3.05, 3.63) is 65.6 Å². The van der Waals surface area contributed by atoms with E-state index >= 15 is 0 Å². The number of thiazole rings is 1. The van der Waals surface area contributed by atoms with Crippen molar-refractivity contribution in [1.29, 1.82) is 0 Å². The minimum Gasteiger partial charge on any atom is -0.476 e. The van der Waals surface area contributed by atoms with Crippen molar-refractivity contribution < 1.29 is 9.90 Å². The molecule has 10 nitrogen and oxygen atoms in total. The molecule has 1 aliphatic carbocycles. The molecule has 222 valence electrons. The molecule has 1 fully saturated rings. The van der Waals surface area contributed by atoms with Gasteiger partial charge >= 0.3 is 5.97 Å². The average molecular weight is 597 g/mol. The van der Waals surface area contributed by atoms with Gasteiger partial charge in [-0.1, -0.05) is 42.7 Å². The number of nitrogens with zero attached hydrogens (tertiary/aromatic N) is 7. The lowest BCUT2D eigenvalue weighted by atomic mass is 9.89. The summed E-state index contributed by atoms with van der Waals surface area (Å²) in [6, 6.07) is 13.5. The molecule has 1 saturated carbocycles. The molecule has 4 heterocycles. The molecule has 5 aromatic rings. The van der Waals surface area contributed by atoms with Crippen LogP contribution < -0.4 is 10.2 Å². The van der Waals surface area contributed by atoms with Gasteiger partial charge in [-0.2, -0.15) is 5.10 Å². The maximum absolute atomic E-state index is 12.5. The molecule has 1 aliphatic rings. The van der Waals surface area contributed by atoms with Gasteiger partial charge in [0.15, 0.2) is 22.5 Å². The number of carboxylic acids is 1. The minimum absolute atomic E-state index is 0.0118. The van der Waals surface area contributed by atoms with E-state index in [1.807, 2.05) is 79.7 Å². The highest BCUT2D eigenvalue weighted by molar-refractivity contribution is 7.22. The van der Waals surface area contributed by atoms with Gasteiger partial charge in [0.25, 0.3) is 0 Å². The molecule has 0 atom stereocenters. The molecule has 0 unspecified atom stereocenters. The van der Waals surface area contributed by atoms with Crippen LogP contribution in [0.2, 0.25) is 0 Å². The standard InChI is InChI=1S/C32H36N8O2S/c1-19(2)40(28-16-20(3)30(38-37-28)36-32-34-25-12-8-9-13-26(25)43-32)27-15-14-23(29(35-27)31(41)42)24-17-33-39(21(24)4)18-22-10-6-5-7-11-22/h8-9,12-17,19,22H,5-7,10-11,18H2,1-4H3,(H,41,42)(H,34,36,38). The fraction of sp³-hybridized carbons (Fsp3) is 0.375. The molecule has 0 spiro atoms. The molecule has 1 aromatic carbocycles. The van der Waals surface area contributed by atoms with Gasteiger partial charge < -0.3 is 15.3 Å². The summed E-state index contributed by atoms with van der Waals surface area (Å²) in [5, 5.41) is 27.9. The van der Waals surface area contributed by atoms with Crippen molar-refractivity contribution in [2.45, 2.75) is 72.4 Å². The number of benzene rings is 1. The van der Waals surface area contributed by atoms with Crippen LogP contribution in [-0.2, 0) is 6.54 Å². The lowest BCUT2D eigenvalue weighted by Crippen LogP contribution is -2.28. The van der Waals surface area contributed by atoms with Crippen LogP contribution in [0.5, 0.6) is 0 Å². The smallest absolute Gasteiger partial charge is 0.355 e. The summed E-state index contributed by atoms with van der Waals surface area (Å²) in [5.41, 5.74) is 4.11. The van der Waals surface area contributed by atoms with Crippen molar-refractivity contribution in [3.63, 3.8) is 0 Å². The van der Waals surface area contributed by atoms with Gasteiger partial charge in [0, 0.05) is 29.4 Å². The van der Waals surface area contributed by atoms with Crippen LogP contribution in [0, 0.1) is 19.8 Å². The largest absolute Gasteiger partial charge is 0.476 e. The van der Waals surface area contributed by atoms with E-state index in [9.17, 15) is 9.90 Å². The third-order valence-corrected chi connectivity index (χ3v) is 9.09. The van der Waals surface area contributed by atoms with Crippen molar-refractivity contribution in [2.75, 3.05) is 10.2 Å². The van der Waals surface area contributed by atoms with Crippen LogP contribution in [0.3, 0.4) is 0 Å². The van der Waals surface area contributed by atoms with Gasteiger partial charge in [0.2, 0.25) is 0 Å². The van der Waals surface area contributed by atoms with E-state index in [0.717, 1.165) is 38.7 Å². The van der Waals surface area contributed by atoms with Crippen LogP contribution in [0.1, 0.15) is 67.7 Å². The fourth-order valence-corrected chi connectivity index (χ4v) is 6.72. The Hall–Kier alpha value is -4.38. The number of aromatic carboxylic acids is 1. The summed E-state index contributed by atoms with van der Waals surface area (Å²) in [6.07, 6.45) is 8.06. The van der Waals surface area contributed by atoms with E-state index in [0.29, 0.717) is 28.9 Å². The third-order valence-electron chi connectivity index (χ3n) is 8.13. The molecule has 0 amide bonds. The summed E-state index contributed by atoms with van der Waals surface area (Å²) < 4.78 is 3.11. The highest BCUT2D eigenvalue weighted by atomic mass is 32.1. The zero-order valence-electron chi connectivity index (χ0n) is 24.9. The molecule has 0 bridgehead atoms. The van der Waals surface area contributed by atoms with Gasteiger partial charge in [-0.05, 0) is 82.3 Å². The first-order valence-corrected chi connectivity index (χ1v) is 15.6. The Morgan fingerprint density at radius 2 is 1.84 bits per heavy atom. The highest BCUT2D eigenvalue weighted by Gasteiger charge is 2.24. The minimum atomic E-state index is -1.09. The Bertz CT molecular complexity index is 1740. The molecule has 0 aliphatic heterocycles. The number of hydrogen-bond acceptors (Lipinski definition) is 9. The third kappa shape index (κ3) is 5.94. The van der Waals surface area contributed by atoms with Gasteiger partial charge in [-0.15, -0.1) is 10.2 Å². The van der Waals surface area contributed by atoms with Crippen LogP contribution in [0.15, 0.2) is 48.7 Å². The van der Waals surface area contributed by atoms with E-state index in [2.05, 4.69) is 30.6 Å². The van der Waals surface area contributed by atoms with Gasteiger partial charge in [0.05, 0.1) is 16.4 Å². The van der Waals surface area contributed by atoms with Crippen LogP contribution in [0.4, 0.5) is 22.6 Å². The quantitative estimate of drug-likeness (QED) is 0.178. The predicted octanol–water partition coefficient (Wildman–Crippen LogP) is 7.53. The normalized spacial score (nSPS) is 14.0. The fourth-order valence-electron chi connectivity index (χ4n) is 5.86. The SMILES string of the molecule is Cc1cc(N(c2ccc(-c3cnn(CC4CCCCC4)c3C)c(C(=O)O)n2)C(C)C)nnc1Nc1nc2ccccc2s1. The number of anilines is 4. The topological polar surface area (TPSA) is 122 Å². The van der Waals surface area contributed by atoms with Crippen LogP contribution in [-0.4, -0.2) is 47.1 Å². The Morgan fingerprint density at radius 3 is 2.56 bits per heavy atom. The van der Waals surface area contributed by atoms with E-state index in [1.54, 1.807) is 17.5 Å². The second-order valence-electron chi connectivity index (χ2n) is 11.5.